The molecule has 2 aromatic rings. The molecule has 0 aliphatic heterocycles. The van der Waals surface area contributed by atoms with Crippen molar-refractivity contribution in [1.29, 1.82) is 0 Å². The van der Waals surface area contributed by atoms with E-state index in [4.69, 9.17) is 21.7 Å². The maximum Gasteiger partial charge on any atom is 0.264 e. The number of amides is 3. The largest absolute Gasteiger partial charge is 0.493 e. The van der Waals surface area contributed by atoms with Crippen molar-refractivity contribution in [3.05, 3.63) is 60.2 Å². The number of carbonyl (C=O) groups excluding carboxylic acids is 3. The zero-order chi connectivity index (χ0) is 22.5. The van der Waals surface area contributed by atoms with Crippen molar-refractivity contribution in [2.45, 2.75) is 19.4 Å². The van der Waals surface area contributed by atoms with Gasteiger partial charge in [0.15, 0.2) is 23.2 Å². The Morgan fingerprint density at radius 2 is 1.48 bits per heavy atom. The molecule has 3 amide bonds. The number of thiocarbonyl (C=S) groups is 1. The Morgan fingerprint density at radius 1 is 0.839 bits per heavy atom. The number of rotatable bonds is 9. The zero-order valence-electron chi connectivity index (χ0n) is 17.0. The summed E-state index contributed by atoms with van der Waals surface area (Å²) in [5, 5.41) is 5.00. The SMILES string of the molecule is COc1ccccc1OCC(=O)NC(=S)NNC(=O)CCC(=O)NCc1ccccc1. The minimum Gasteiger partial charge on any atom is -0.493 e. The van der Waals surface area contributed by atoms with Crippen LogP contribution in [0.25, 0.3) is 0 Å². The predicted molar refractivity (Wildman–Crippen MR) is 118 cm³/mol. The summed E-state index contributed by atoms with van der Waals surface area (Å²) in [4.78, 5) is 35.6. The fourth-order valence-corrected chi connectivity index (χ4v) is 2.54. The Bertz CT molecular complexity index is 908. The number of methoxy groups -OCH3 is 1. The van der Waals surface area contributed by atoms with Crippen LogP contribution in [0.15, 0.2) is 54.6 Å². The standard InChI is InChI=1S/C21H24N4O5S/c1-29-16-9-5-6-10-17(16)30-14-20(28)23-21(31)25-24-19(27)12-11-18(26)22-13-15-7-3-2-4-8-15/h2-10H,11-14H2,1H3,(H,22,26)(H,24,27)(H2,23,25,28,31). The van der Waals surface area contributed by atoms with Crippen molar-refractivity contribution in [2.75, 3.05) is 13.7 Å². The van der Waals surface area contributed by atoms with E-state index in [0.717, 1.165) is 5.56 Å². The molecule has 2 aromatic carbocycles. The van der Waals surface area contributed by atoms with E-state index in [1.54, 1.807) is 24.3 Å². The Morgan fingerprint density at radius 3 is 2.19 bits per heavy atom. The van der Waals surface area contributed by atoms with E-state index in [1.807, 2.05) is 30.3 Å². The van der Waals surface area contributed by atoms with Gasteiger partial charge in [-0.25, -0.2) is 0 Å². The van der Waals surface area contributed by atoms with Crippen LogP contribution in [0.4, 0.5) is 0 Å². The second-order valence-corrected chi connectivity index (χ2v) is 6.66. The van der Waals surface area contributed by atoms with E-state index in [1.165, 1.54) is 7.11 Å². The maximum atomic E-state index is 11.9. The molecule has 0 fully saturated rings. The first kappa shape index (κ1) is 23.6. The van der Waals surface area contributed by atoms with Crippen LogP contribution in [-0.4, -0.2) is 36.6 Å². The predicted octanol–water partition coefficient (Wildman–Crippen LogP) is 1.19. The number of hydrogen-bond donors (Lipinski definition) is 4. The molecule has 0 bridgehead atoms. The van der Waals surface area contributed by atoms with Crippen LogP contribution in [0, 0.1) is 0 Å². The molecule has 0 saturated carbocycles. The Hall–Kier alpha value is -3.66. The van der Waals surface area contributed by atoms with E-state index in [9.17, 15) is 14.4 Å². The molecule has 0 aromatic heterocycles. The molecule has 0 radical (unpaired) electrons. The van der Waals surface area contributed by atoms with Crippen LogP contribution in [0.3, 0.4) is 0 Å². The number of nitrogens with one attached hydrogen (secondary N) is 4. The van der Waals surface area contributed by atoms with Gasteiger partial charge in [0.1, 0.15) is 0 Å². The summed E-state index contributed by atoms with van der Waals surface area (Å²) in [6.07, 6.45) is -0.0205. The second kappa shape index (κ2) is 12.8. The quantitative estimate of drug-likeness (QED) is 0.339. The third-order valence-corrected chi connectivity index (χ3v) is 4.11. The van der Waals surface area contributed by atoms with Gasteiger partial charge in [-0.3, -0.25) is 30.6 Å². The highest BCUT2D eigenvalue weighted by Gasteiger charge is 2.10. The van der Waals surface area contributed by atoms with E-state index in [2.05, 4.69) is 21.5 Å². The number of ether oxygens (including phenoxy) is 2. The molecular weight excluding hydrogens is 420 g/mol. The lowest BCUT2D eigenvalue weighted by Gasteiger charge is -2.12. The summed E-state index contributed by atoms with van der Waals surface area (Å²) in [5.74, 6) is -0.299. The van der Waals surface area contributed by atoms with Gasteiger partial charge < -0.3 is 14.8 Å². The third kappa shape index (κ3) is 9.13. The Kier molecular flexibility index (Phi) is 9.76. The molecule has 4 N–H and O–H groups in total. The smallest absolute Gasteiger partial charge is 0.264 e. The van der Waals surface area contributed by atoms with Gasteiger partial charge in [-0.15, -0.1) is 0 Å². The lowest BCUT2D eigenvalue weighted by Crippen LogP contribution is -2.49. The average molecular weight is 445 g/mol. The van der Waals surface area contributed by atoms with E-state index in [-0.39, 0.29) is 30.5 Å². The summed E-state index contributed by atoms with van der Waals surface area (Å²) >= 11 is 4.94. The summed E-state index contributed by atoms with van der Waals surface area (Å²) < 4.78 is 10.5. The van der Waals surface area contributed by atoms with Crippen LogP contribution in [0.1, 0.15) is 18.4 Å². The highest BCUT2D eigenvalue weighted by molar-refractivity contribution is 7.80. The number of hydrazine groups is 1. The van der Waals surface area contributed by atoms with Crippen molar-refractivity contribution in [2.24, 2.45) is 0 Å². The minimum atomic E-state index is -0.516. The molecule has 0 aliphatic carbocycles. The molecule has 2 rings (SSSR count). The first-order chi connectivity index (χ1) is 15.0. The lowest BCUT2D eigenvalue weighted by atomic mass is 10.2. The first-order valence-electron chi connectivity index (χ1n) is 9.43. The van der Waals surface area contributed by atoms with E-state index >= 15 is 0 Å². The van der Waals surface area contributed by atoms with Crippen molar-refractivity contribution < 1.29 is 23.9 Å². The molecule has 0 atom stereocenters. The monoisotopic (exact) mass is 444 g/mol. The van der Waals surface area contributed by atoms with Crippen LogP contribution < -0.4 is 31.0 Å². The fourth-order valence-electron chi connectivity index (χ4n) is 2.38. The van der Waals surface area contributed by atoms with Gasteiger partial charge in [-0.2, -0.15) is 0 Å². The molecule has 0 heterocycles. The number of hydrogen-bond acceptors (Lipinski definition) is 6. The molecule has 0 aliphatic rings. The minimum absolute atomic E-state index is 0.0201. The average Bonchev–Trinajstić information content (AvgIpc) is 2.79. The Labute approximate surface area is 185 Å². The van der Waals surface area contributed by atoms with Crippen molar-refractivity contribution >= 4 is 35.1 Å². The third-order valence-electron chi connectivity index (χ3n) is 3.91. The van der Waals surface area contributed by atoms with Gasteiger partial charge in [-0.1, -0.05) is 42.5 Å². The maximum absolute atomic E-state index is 11.9. The van der Waals surface area contributed by atoms with Crippen LogP contribution >= 0.6 is 12.2 Å². The number of para-hydroxylation sites is 2. The molecule has 9 nitrogen and oxygen atoms in total. The van der Waals surface area contributed by atoms with Gasteiger partial charge >= 0.3 is 0 Å². The van der Waals surface area contributed by atoms with Gasteiger partial charge in [0, 0.05) is 19.4 Å². The molecule has 0 unspecified atom stereocenters. The number of carbonyl (C=O) groups is 3. The summed E-state index contributed by atoms with van der Waals surface area (Å²) in [5.41, 5.74) is 5.70. The van der Waals surface area contributed by atoms with E-state index in [0.29, 0.717) is 18.0 Å². The van der Waals surface area contributed by atoms with Crippen LogP contribution in [0.2, 0.25) is 0 Å². The van der Waals surface area contributed by atoms with Crippen LogP contribution in [-0.2, 0) is 20.9 Å². The van der Waals surface area contributed by atoms with Crippen molar-refractivity contribution in [1.82, 2.24) is 21.5 Å². The molecular formula is C21H24N4O5S. The molecule has 0 saturated heterocycles. The first-order valence-corrected chi connectivity index (χ1v) is 9.84. The van der Waals surface area contributed by atoms with Crippen LogP contribution in [0.5, 0.6) is 11.5 Å². The van der Waals surface area contributed by atoms with E-state index < -0.39 is 11.8 Å². The highest BCUT2D eigenvalue weighted by Crippen LogP contribution is 2.25. The van der Waals surface area contributed by atoms with Gasteiger partial charge in [0.2, 0.25) is 11.8 Å². The highest BCUT2D eigenvalue weighted by atomic mass is 32.1. The molecule has 0 spiro atoms. The van der Waals surface area contributed by atoms with Gasteiger partial charge in [0.25, 0.3) is 5.91 Å². The van der Waals surface area contributed by atoms with Crippen molar-refractivity contribution in [3.63, 3.8) is 0 Å². The van der Waals surface area contributed by atoms with Gasteiger partial charge in [0.05, 0.1) is 7.11 Å². The summed E-state index contributed by atoms with van der Waals surface area (Å²) in [6, 6.07) is 16.3. The lowest BCUT2D eigenvalue weighted by molar-refractivity contribution is -0.126. The molecule has 31 heavy (non-hydrogen) atoms. The normalized spacial score (nSPS) is 9.84. The topological polar surface area (TPSA) is 118 Å². The number of benzene rings is 2. The van der Waals surface area contributed by atoms with Crippen molar-refractivity contribution in [3.8, 4) is 11.5 Å². The van der Waals surface area contributed by atoms with Gasteiger partial charge in [-0.05, 0) is 29.9 Å². The second-order valence-electron chi connectivity index (χ2n) is 6.25. The zero-order valence-corrected chi connectivity index (χ0v) is 17.8. The summed E-state index contributed by atoms with van der Waals surface area (Å²) in [7, 11) is 1.50. The molecule has 164 valence electrons. The summed E-state index contributed by atoms with van der Waals surface area (Å²) in [6.45, 7) is 0.101. The Balaban J connectivity index is 1.60. The molecule has 10 heteroatoms. The fraction of sp³-hybridized carbons (Fsp3) is 0.238.